The molecule has 0 spiro atoms. The summed E-state index contributed by atoms with van der Waals surface area (Å²) in [6, 6.07) is 0. The van der Waals surface area contributed by atoms with Crippen LogP contribution in [0.15, 0.2) is 12.2 Å². The summed E-state index contributed by atoms with van der Waals surface area (Å²) in [4.78, 5) is 11.7. The number of allylic oxidation sites excluding steroid dienone is 2. The Labute approximate surface area is 171 Å². The summed E-state index contributed by atoms with van der Waals surface area (Å²) < 4.78 is 9.52. The van der Waals surface area contributed by atoms with Crippen LogP contribution >= 0.6 is 0 Å². The van der Waals surface area contributed by atoms with E-state index in [0.29, 0.717) is 6.42 Å². The minimum Gasteiger partial charge on any atom is -0.458 e. The molecule has 0 fully saturated rings. The molecule has 0 rings (SSSR count). The summed E-state index contributed by atoms with van der Waals surface area (Å²) in [5, 5.41) is 26.2. The third kappa shape index (κ3) is 19.9. The molecule has 28 heavy (non-hydrogen) atoms. The van der Waals surface area contributed by atoms with Crippen LogP contribution in [0.3, 0.4) is 0 Å². The fourth-order valence-corrected chi connectivity index (χ4v) is 2.90. The Morgan fingerprint density at radius 3 is 1.96 bits per heavy atom. The van der Waals surface area contributed by atoms with E-state index < -0.39 is 26.0 Å². The number of carbonyl (C=O) groups is 1. The molecule has 0 heterocycles. The number of esters is 1. The molecule has 0 aromatic heterocycles. The Bertz CT molecular complexity index is 376. The topological polar surface area (TPSA) is 96.2 Å². The van der Waals surface area contributed by atoms with Crippen LogP contribution < -0.4 is 0 Å². The van der Waals surface area contributed by atoms with E-state index in [0.717, 1.165) is 32.1 Å². The number of hydrogen-bond acceptors (Lipinski definition) is 6. The van der Waals surface area contributed by atoms with Crippen molar-refractivity contribution >= 4 is 13.3 Å². The van der Waals surface area contributed by atoms with E-state index in [-0.39, 0.29) is 6.61 Å². The molecule has 0 bridgehead atoms. The van der Waals surface area contributed by atoms with E-state index >= 15 is 0 Å². The molecule has 0 aromatic rings. The average Bonchev–Trinajstić information content (AvgIpc) is 2.68. The molecule has 0 amide bonds. The van der Waals surface area contributed by atoms with Gasteiger partial charge in [0.2, 0.25) is 0 Å². The maximum Gasteiger partial charge on any atom is 0.634 e. The lowest BCUT2D eigenvalue weighted by Crippen LogP contribution is -2.31. The maximum absolute atomic E-state index is 11.7. The molecule has 0 aliphatic rings. The summed E-state index contributed by atoms with van der Waals surface area (Å²) in [5.41, 5.74) is 0. The second kappa shape index (κ2) is 20.8. The molecule has 0 aromatic carbocycles. The minimum atomic E-state index is -1.93. The van der Waals surface area contributed by atoms with Gasteiger partial charge in [0.25, 0.3) is 0 Å². The van der Waals surface area contributed by atoms with Crippen LogP contribution in [0.4, 0.5) is 0 Å². The van der Waals surface area contributed by atoms with E-state index in [1.807, 2.05) is 0 Å². The zero-order valence-electron chi connectivity index (χ0n) is 17.7. The highest BCUT2D eigenvalue weighted by molar-refractivity contribution is 6.32. The fraction of sp³-hybridized carbons (Fsp3) is 0.857. The van der Waals surface area contributed by atoms with Gasteiger partial charge in [0.15, 0.2) is 0 Å². The molecule has 7 heteroatoms. The van der Waals surface area contributed by atoms with Crippen molar-refractivity contribution in [2.24, 2.45) is 0 Å². The molecule has 0 saturated heterocycles. The zero-order chi connectivity index (χ0) is 20.9. The van der Waals surface area contributed by atoms with Crippen LogP contribution in [0.1, 0.15) is 96.8 Å². The van der Waals surface area contributed by atoms with Crippen LogP contribution in [-0.4, -0.2) is 47.8 Å². The van der Waals surface area contributed by atoms with Crippen molar-refractivity contribution in [1.82, 2.24) is 0 Å². The molecule has 1 atom stereocenters. The first-order chi connectivity index (χ1) is 13.6. The van der Waals surface area contributed by atoms with Gasteiger partial charge < -0.3 is 24.5 Å². The number of hydrogen-bond donors (Lipinski definition) is 3. The van der Waals surface area contributed by atoms with Gasteiger partial charge in [-0.25, -0.2) is 0 Å². The molecule has 1 unspecified atom stereocenters. The van der Waals surface area contributed by atoms with Gasteiger partial charge in [0.1, 0.15) is 6.10 Å². The molecule has 0 aliphatic heterocycles. The molecule has 3 N–H and O–H groups in total. The van der Waals surface area contributed by atoms with Crippen LogP contribution in [0, 0.1) is 0 Å². The molecule has 164 valence electrons. The van der Waals surface area contributed by atoms with Gasteiger partial charge in [0.05, 0.1) is 13.2 Å². The number of rotatable bonds is 20. The van der Waals surface area contributed by atoms with Gasteiger partial charge in [-0.2, -0.15) is 0 Å². The van der Waals surface area contributed by atoms with E-state index in [4.69, 9.17) is 19.9 Å². The number of aliphatic hydroxyl groups excluding tert-OH is 1. The van der Waals surface area contributed by atoms with Crippen molar-refractivity contribution in [3.63, 3.8) is 0 Å². The highest BCUT2D eigenvalue weighted by Crippen LogP contribution is 2.10. The van der Waals surface area contributed by atoms with Crippen molar-refractivity contribution < 1.29 is 29.3 Å². The molecular weight excluding hydrogens is 359 g/mol. The Morgan fingerprint density at radius 1 is 0.893 bits per heavy atom. The zero-order valence-corrected chi connectivity index (χ0v) is 17.7. The average molecular weight is 400 g/mol. The van der Waals surface area contributed by atoms with Crippen LogP contribution in [0.2, 0.25) is 0 Å². The van der Waals surface area contributed by atoms with E-state index in [1.54, 1.807) is 0 Å². The van der Waals surface area contributed by atoms with E-state index in [9.17, 15) is 4.79 Å². The Morgan fingerprint density at radius 2 is 1.43 bits per heavy atom. The third-order valence-electron chi connectivity index (χ3n) is 4.58. The highest BCUT2D eigenvalue weighted by atomic mass is 16.6. The number of aliphatic hydroxyl groups is 1. The van der Waals surface area contributed by atoms with Crippen LogP contribution in [0.25, 0.3) is 0 Å². The third-order valence-corrected chi connectivity index (χ3v) is 4.58. The number of ether oxygens (including phenoxy) is 1. The van der Waals surface area contributed by atoms with Gasteiger partial charge in [-0.3, -0.25) is 4.79 Å². The maximum atomic E-state index is 11.7. The first-order valence-electron chi connectivity index (χ1n) is 11.0. The van der Waals surface area contributed by atoms with Gasteiger partial charge in [-0.15, -0.1) is 0 Å². The first-order valence-corrected chi connectivity index (χ1v) is 11.0. The predicted octanol–water partition coefficient (Wildman–Crippen LogP) is 3.91. The monoisotopic (exact) mass is 400 g/mol. The summed E-state index contributed by atoms with van der Waals surface area (Å²) in [5.74, 6) is -0.396. The van der Waals surface area contributed by atoms with Crippen molar-refractivity contribution in [2.75, 3.05) is 13.2 Å². The van der Waals surface area contributed by atoms with Crippen molar-refractivity contribution in [3.05, 3.63) is 12.2 Å². The van der Waals surface area contributed by atoms with Gasteiger partial charge in [-0.1, -0.05) is 70.4 Å². The lowest BCUT2D eigenvalue weighted by molar-refractivity contribution is -0.153. The van der Waals surface area contributed by atoms with Crippen LogP contribution in [-0.2, 0) is 14.2 Å². The van der Waals surface area contributed by atoms with E-state index in [1.165, 1.54) is 51.4 Å². The van der Waals surface area contributed by atoms with Crippen molar-refractivity contribution in [2.45, 2.75) is 103 Å². The van der Waals surface area contributed by atoms with Gasteiger partial charge in [0, 0.05) is 6.42 Å². The quantitative estimate of drug-likeness (QED) is 0.124. The molecule has 0 radical (unpaired) electrons. The normalized spacial score (nSPS) is 12.4. The Hall–Kier alpha value is -0.885. The summed E-state index contributed by atoms with van der Waals surface area (Å²) in [6.07, 6.45) is 19.6. The number of carbonyl (C=O) groups excluding carboxylic acids is 1. The SMILES string of the molecule is CCCCCCCC/C=C\CCCCCCCC(=O)OC(CO)COB(O)O. The Balaban J connectivity index is 3.42. The number of unbranched alkanes of at least 4 members (excludes halogenated alkanes) is 11. The summed E-state index contributed by atoms with van der Waals surface area (Å²) >= 11 is 0. The fourth-order valence-electron chi connectivity index (χ4n) is 2.90. The van der Waals surface area contributed by atoms with Gasteiger partial charge in [-0.05, 0) is 32.1 Å². The minimum absolute atomic E-state index is 0.244. The highest BCUT2D eigenvalue weighted by Gasteiger charge is 2.17. The second-order valence-electron chi connectivity index (χ2n) is 7.29. The van der Waals surface area contributed by atoms with Gasteiger partial charge >= 0.3 is 13.3 Å². The van der Waals surface area contributed by atoms with Crippen LogP contribution in [0.5, 0.6) is 0 Å². The summed E-state index contributed by atoms with van der Waals surface area (Å²) in [7, 11) is -1.93. The smallest absolute Gasteiger partial charge is 0.458 e. The lowest BCUT2D eigenvalue weighted by atomic mass is 10.1. The van der Waals surface area contributed by atoms with E-state index in [2.05, 4.69) is 23.7 Å². The molecule has 0 aliphatic carbocycles. The lowest BCUT2D eigenvalue weighted by Gasteiger charge is -2.15. The molecular formula is C21H41BO6. The molecule has 6 nitrogen and oxygen atoms in total. The van der Waals surface area contributed by atoms with Crippen molar-refractivity contribution in [1.29, 1.82) is 0 Å². The summed E-state index contributed by atoms with van der Waals surface area (Å²) in [6.45, 7) is 1.59. The van der Waals surface area contributed by atoms with Crippen molar-refractivity contribution in [3.8, 4) is 0 Å². The second-order valence-corrected chi connectivity index (χ2v) is 7.29. The Kier molecular flexibility index (Phi) is 20.2. The molecule has 0 saturated carbocycles. The largest absolute Gasteiger partial charge is 0.634 e. The first kappa shape index (κ1) is 27.1. The predicted molar refractivity (Wildman–Crippen MR) is 113 cm³/mol. The standard InChI is InChI=1S/C21H41BO6/c1-2-3-4-5-6-7-8-9-10-11-12-13-14-15-16-17-21(24)28-20(18-23)19-27-22(25)26/h9-10,20,23,25-26H,2-8,11-19H2,1H3/b10-9-.